The monoisotopic (exact) mass is 212 g/mol. The number of anilines is 1. The van der Waals surface area contributed by atoms with Gasteiger partial charge in [0.25, 0.3) is 0 Å². The highest BCUT2D eigenvalue weighted by Crippen LogP contribution is 2.19. The van der Waals surface area contributed by atoms with Crippen molar-refractivity contribution in [3.05, 3.63) is 42.2 Å². The van der Waals surface area contributed by atoms with Crippen LogP contribution in [0, 0.1) is 11.3 Å². The van der Waals surface area contributed by atoms with Crippen LogP contribution in [0.1, 0.15) is 5.56 Å². The molecule has 0 fully saturated rings. The summed E-state index contributed by atoms with van der Waals surface area (Å²) >= 11 is 0. The van der Waals surface area contributed by atoms with Crippen molar-refractivity contribution in [2.24, 2.45) is 0 Å². The molecular formula is C11H8N4O. The Bertz CT molecular complexity index is 530. The van der Waals surface area contributed by atoms with Crippen molar-refractivity contribution in [2.45, 2.75) is 0 Å². The largest absolute Gasteiger partial charge is 0.437 e. The molecule has 0 aliphatic heterocycles. The number of aromatic nitrogens is 2. The second-order valence-electron chi connectivity index (χ2n) is 3.02. The van der Waals surface area contributed by atoms with Crippen molar-refractivity contribution in [1.29, 1.82) is 5.26 Å². The van der Waals surface area contributed by atoms with Crippen molar-refractivity contribution in [1.82, 2.24) is 9.97 Å². The van der Waals surface area contributed by atoms with Gasteiger partial charge in [0.1, 0.15) is 11.6 Å². The Balaban J connectivity index is 2.18. The lowest BCUT2D eigenvalue weighted by atomic mass is 10.2. The quantitative estimate of drug-likeness (QED) is 0.819. The van der Waals surface area contributed by atoms with Crippen LogP contribution in [-0.4, -0.2) is 9.97 Å². The minimum atomic E-state index is 0.297. The van der Waals surface area contributed by atoms with Gasteiger partial charge in [0.05, 0.1) is 24.0 Å². The fourth-order valence-corrected chi connectivity index (χ4v) is 1.13. The molecule has 16 heavy (non-hydrogen) atoms. The predicted octanol–water partition coefficient (Wildman–Crippen LogP) is 1.72. The van der Waals surface area contributed by atoms with E-state index in [1.807, 2.05) is 6.07 Å². The zero-order chi connectivity index (χ0) is 11.4. The molecule has 0 spiro atoms. The van der Waals surface area contributed by atoms with E-state index in [4.69, 9.17) is 15.7 Å². The molecule has 0 radical (unpaired) electrons. The maximum absolute atomic E-state index is 8.62. The van der Waals surface area contributed by atoms with Crippen LogP contribution < -0.4 is 10.5 Å². The smallest absolute Gasteiger partial charge is 0.239 e. The second-order valence-corrected chi connectivity index (χ2v) is 3.02. The molecule has 0 amide bonds. The molecule has 5 heteroatoms. The van der Waals surface area contributed by atoms with Gasteiger partial charge in [-0.3, -0.25) is 4.98 Å². The minimum Gasteiger partial charge on any atom is -0.437 e. The van der Waals surface area contributed by atoms with Gasteiger partial charge in [-0.1, -0.05) is 0 Å². The normalized spacial score (nSPS) is 9.44. The fraction of sp³-hybridized carbons (Fsp3) is 0. The maximum Gasteiger partial charge on any atom is 0.239 e. The number of nitrogen functional groups attached to an aromatic ring is 1. The van der Waals surface area contributed by atoms with Crippen LogP contribution in [0.15, 0.2) is 36.7 Å². The lowest BCUT2D eigenvalue weighted by molar-refractivity contribution is 0.461. The molecule has 0 atom stereocenters. The molecule has 0 saturated carbocycles. The minimum absolute atomic E-state index is 0.297. The SMILES string of the molecule is N#Cc1ccc(Oc2cncc(N)n2)cc1. The lowest BCUT2D eigenvalue weighted by Gasteiger charge is -2.03. The van der Waals surface area contributed by atoms with Gasteiger partial charge in [-0.15, -0.1) is 0 Å². The summed E-state index contributed by atoms with van der Waals surface area (Å²) < 4.78 is 5.40. The van der Waals surface area contributed by atoms with Crippen LogP contribution >= 0.6 is 0 Å². The number of benzene rings is 1. The third-order valence-corrected chi connectivity index (χ3v) is 1.84. The Labute approximate surface area is 92.1 Å². The topological polar surface area (TPSA) is 84.8 Å². The average Bonchev–Trinajstić information content (AvgIpc) is 2.30. The van der Waals surface area contributed by atoms with E-state index < -0.39 is 0 Å². The Morgan fingerprint density at radius 3 is 2.56 bits per heavy atom. The number of rotatable bonds is 2. The summed E-state index contributed by atoms with van der Waals surface area (Å²) in [6, 6.07) is 8.72. The van der Waals surface area contributed by atoms with Gasteiger partial charge in [-0.05, 0) is 24.3 Å². The number of nitrogens with zero attached hydrogens (tertiary/aromatic N) is 3. The van der Waals surface area contributed by atoms with Crippen molar-refractivity contribution >= 4 is 5.82 Å². The number of nitriles is 1. The van der Waals surface area contributed by atoms with Crippen LogP contribution in [0.5, 0.6) is 11.6 Å². The van der Waals surface area contributed by atoms with E-state index in [0.717, 1.165) is 0 Å². The molecule has 2 aromatic rings. The number of hydrogen-bond acceptors (Lipinski definition) is 5. The highest BCUT2D eigenvalue weighted by Gasteiger charge is 1.99. The Morgan fingerprint density at radius 2 is 1.94 bits per heavy atom. The fourth-order valence-electron chi connectivity index (χ4n) is 1.13. The number of hydrogen-bond donors (Lipinski definition) is 1. The van der Waals surface area contributed by atoms with Crippen molar-refractivity contribution in [3.8, 4) is 17.7 Å². The van der Waals surface area contributed by atoms with E-state index in [1.54, 1.807) is 24.3 Å². The zero-order valence-electron chi connectivity index (χ0n) is 8.29. The molecule has 0 saturated heterocycles. The molecule has 0 aliphatic carbocycles. The van der Waals surface area contributed by atoms with Gasteiger partial charge in [-0.2, -0.15) is 10.2 Å². The van der Waals surface area contributed by atoms with E-state index in [1.165, 1.54) is 12.4 Å². The number of ether oxygens (including phenoxy) is 1. The van der Waals surface area contributed by atoms with Crippen LogP contribution in [0.2, 0.25) is 0 Å². The van der Waals surface area contributed by atoms with Crippen molar-refractivity contribution in [2.75, 3.05) is 5.73 Å². The highest BCUT2D eigenvalue weighted by atomic mass is 16.5. The van der Waals surface area contributed by atoms with E-state index >= 15 is 0 Å². The molecule has 1 heterocycles. The molecule has 1 aromatic heterocycles. The molecule has 5 nitrogen and oxygen atoms in total. The molecule has 78 valence electrons. The average molecular weight is 212 g/mol. The molecule has 0 unspecified atom stereocenters. The van der Waals surface area contributed by atoms with E-state index in [-0.39, 0.29) is 0 Å². The summed E-state index contributed by atoms with van der Waals surface area (Å²) in [5.74, 6) is 1.20. The van der Waals surface area contributed by atoms with E-state index in [9.17, 15) is 0 Å². The molecule has 2 N–H and O–H groups in total. The standard InChI is InChI=1S/C11H8N4O/c12-5-8-1-3-9(4-2-8)16-11-7-14-6-10(13)15-11/h1-4,6-7H,(H2,13,15). The van der Waals surface area contributed by atoms with E-state index in [2.05, 4.69) is 9.97 Å². The first-order valence-electron chi connectivity index (χ1n) is 4.53. The molecule has 0 aliphatic rings. The molecular weight excluding hydrogens is 204 g/mol. The third-order valence-electron chi connectivity index (χ3n) is 1.84. The first kappa shape index (κ1) is 9.93. The molecule has 0 bridgehead atoms. The van der Waals surface area contributed by atoms with Crippen LogP contribution in [-0.2, 0) is 0 Å². The van der Waals surface area contributed by atoms with E-state index in [0.29, 0.717) is 23.0 Å². The van der Waals surface area contributed by atoms with Crippen LogP contribution in [0.3, 0.4) is 0 Å². The Morgan fingerprint density at radius 1 is 1.19 bits per heavy atom. The summed E-state index contributed by atoms with van der Waals surface area (Å²) in [4.78, 5) is 7.79. The first-order chi connectivity index (χ1) is 7.78. The summed E-state index contributed by atoms with van der Waals surface area (Å²) in [6.45, 7) is 0. The summed E-state index contributed by atoms with van der Waals surface area (Å²) in [7, 11) is 0. The molecule has 1 aromatic carbocycles. The van der Waals surface area contributed by atoms with Crippen molar-refractivity contribution < 1.29 is 4.74 Å². The summed E-state index contributed by atoms with van der Waals surface area (Å²) in [6.07, 6.45) is 2.90. The lowest BCUT2D eigenvalue weighted by Crippen LogP contribution is -1.94. The van der Waals surface area contributed by atoms with Gasteiger partial charge >= 0.3 is 0 Å². The van der Waals surface area contributed by atoms with Crippen LogP contribution in [0.25, 0.3) is 0 Å². The van der Waals surface area contributed by atoms with Gasteiger partial charge < -0.3 is 10.5 Å². The summed E-state index contributed by atoms with van der Waals surface area (Å²) in [5, 5.41) is 8.62. The van der Waals surface area contributed by atoms with Crippen LogP contribution in [0.4, 0.5) is 5.82 Å². The van der Waals surface area contributed by atoms with Gasteiger partial charge in [0.2, 0.25) is 5.88 Å². The summed E-state index contributed by atoms with van der Waals surface area (Å²) in [5.41, 5.74) is 6.04. The Hall–Kier alpha value is -2.61. The van der Waals surface area contributed by atoms with Gasteiger partial charge in [0, 0.05) is 0 Å². The predicted molar refractivity (Wildman–Crippen MR) is 57.7 cm³/mol. The number of nitrogens with two attached hydrogens (primary N) is 1. The third kappa shape index (κ3) is 2.25. The zero-order valence-corrected chi connectivity index (χ0v) is 8.29. The Kier molecular flexibility index (Phi) is 2.65. The molecule has 2 rings (SSSR count). The highest BCUT2D eigenvalue weighted by molar-refractivity contribution is 5.36. The van der Waals surface area contributed by atoms with Gasteiger partial charge in [-0.25, -0.2) is 0 Å². The second kappa shape index (κ2) is 4.28. The van der Waals surface area contributed by atoms with Crippen molar-refractivity contribution in [3.63, 3.8) is 0 Å². The maximum atomic E-state index is 8.62. The first-order valence-corrected chi connectivity index (χ1v) is 4.53. The van der Waals surface area contributed by atoms with Gasteiger partial charge in [0.15, 0.2) is 0 Å².